The third kappa shape index (κ3) is 3.43. The maximum Gasteiger partial charge on any atom is 0.193 e. The van der Waals surface area contributed by atoms with Gasteiger partial charge < -0.3 is 15.0 Å². The molecule has 168 valence electrons. The lowest BCUT2D eigenvalue weighted by Gasteiger charge is -2.29. The number of rotatable bonds is 4. The quantitative estimate of drug-likeness (QED) is 0.655. The number of benzene rings is 1. The van der Waals surface area contributed by atoms with Crippen LogP contribution in [0.1, 0.15) is 12.0 Å². The van der Waals surface area contributed by atoms with Gasteiger partial charge in [0.2, 0.25) is 0 Å². The maximum atomic E-state index is 15.4. The molecule has 1 aliphatic heterocycles. The summed E-state index contributed by atoms with van der Waals surface area (Å²) in [6, 6.07) is 11.3. The number of nitrogens with zero attached hydrogens (tertiary/aromatic N) is 3. The summed E-state index contributed by atoms with van der Waals surface area (Å²) >= 11 is 0. The van der Waals surface area contributed by atoms with Crippen LogP contribution in [-0.4, -0.2) is 35.9 Å². The standard InChI is InChI=1S/C26H25FN4O2/c1-16-23-21(32)15-22(28-20-9-5-6-17-14-19(17)20)31(18-7-3-2-4-8-18)25(23)29-26(24(16)27)30-10-12-33-13-11-30/h2-9,15,17,19,28H,10-14H2,1H3. The Morgan fingerprint density at radius 3 is 2.76 bits per heavy atom. The minimum atomic E-state index is -0.442. The summed E-state index contributed by atoms with van der Waals surface area (Å²) in [6.07, 6.45) is 7.47. The number of anilines is 2. The van der Waals surface area contributed by atoms with Crippen molar-refractivity contribution < 1.29 is 9.13 Å². The largest absolute Gasteiger partial charge is 0.378 e. The van der Waals surface area contributed by atoms with E-state index < -0.39 is 5.82 Å². The van der Waals surface area contributed by atoms with E-state index >= 15 is 4.39 Å². The number of halogens is 1. The lowest BCUT2D eigenvalue weighted by molar-refractivity contribution is 0.122. The second kappa shape index (κ2) is 7.85. The van der Waals surface area contributed by atoms with Crippen molar-refractivity contribution in [3.63, 3.8) is 0 Å². The van der Waals surface area contributed by atoms with Crippen LogP contribution in [0.5, 0.6) is 0 Å². The predicted octanol–water partition coefficient (Wildman–Crippen LogP) is 4.17. The summed E-state index contributed by atoms with van der Waals surface area (Å²) in [5, 5.41) is 3.82. The van der Waals surface area contributed by atoms with Crippen LogP contribution in [0.2, 0.25) is 0 Å². The van der Waals surface area contributed by atoms with Crippen LogP contribution < -0.4 is 15.6 Å². The summed E-state index contributed by atoms with van der Waals surface area (Å²) in [4.78, 5) is 19.9. The number of morpholine rings is 1. The van der Waals surface area contributed by atoms with E-state index in [0.29, 0.717) is 60.6 Å². The summed E-state index contributed by atoms with van der Waals surface area (Å²) in [5.74, 6) is 1.49. The van der Waals surface area contributed by atoms with Gasteiger partial charge in [-0.3, -0.25) is 9.36 Å². The molecule has 0 bridgehead atoms. The molecule has 33 heavy (non-hydrogen) atoms. The summed E-state index contributed by atoms with van der Waals surface area (Å²) in [6.45, 7) is 3.83. The number of hydrogen-bond acceptors (Lipinski definition) is 5. The van der Waals surface area contributed by atoms with Gasteiger partial charge in [-0.1, -0.05) is 30.4 Å². The van der Waals surface area contributed by atoms with E-state index in [0.717, 1.165) is 17.8 Å². The van der Waals surface area contributed by atoms with Gasteiger partial charge >= 0.3 is 0 Å². The van der Waals surface area contributed by atoms with Crippen molar-refractivity contribution in [2.24, 2.45) is 11.8 Å². The highest BCUT2D eigenvalue weighted by molar-refractivity contribution is 5.85. The molecule has 3 aromatic rings. The molecule has 2 unspecified atom stereocenters. The van der Waals surface area contributed by atoms with Gasteiger partial charge in [-0.2, -0.15) is 0 Å². The van der Waals surface area contributed by atoms with Crippen molar-refractivity contribution in [1.82, 2.24) is 9.55 Å². The maximum absolute atomic E-state index is 15.4. The molecule has 6 nitrogen and oxygen atoms in total. The monoisotopic (exact) mass is 444 g/mol. The van der Waals surface area contributed by atoms with E-state index in [1.54, 1.807) is 13.0 Å². The molecule has 1 aromatic carbocycles. The van der Waals surface area contributed by atoms with Crippen molar-refractivity contribution in [2.45, 2.75) is 13.3 Å². The Kier molecular flexibility index (Phi) is 4.80. The molecule has 6 rings (SSSR count). The van der Waals surface area contributed by atoms with Crippen molar-refractivity contribution in [3.05, 3.63) is 81.9 Å². The highest BCUT2D eigenvalue weighted by Crippen LogP contribution is 2.47. The van der Waals surface area contributed by atoms with Crippen LogP contribution in [0, 0.1) is 24.6 Å². The Balaban J connectivity index is 1.60. The minimum absolute atomic E-state index is 0.239. The molecule has 3 heterocycles. The molecule has 2 fully saturated rings. The molecule has 1 saturated carbocycles. The second-order valence-corrected chi connectivity index (χ2v) is 8.88. The average Bonchev–Trinajstić information content (AvgIpc) is 3.63. The van der Waals surface area contributed by atoms with Gasteiger partial charge in [0.15, 0.2) is 22.7 Å². The number of hydrogen-bond donors (Lipinski definition) is 1. The zero-order valence-corrected chi connectivity index (χ0v) is 18.4. The summed E-state index contributed by atoms with van der Waals surface area (Å²) in [7, 11) is 0. The number of nitrogens with one attached hydrogen (secondary N) is 1. The zero-order valence-electron chi connectivity index (χ0n) is 18.4. The van der Waals surface area contributed by atoms with Gasteiger partial charge in [0.25, 0.3) is 0 Å². The Bertz CT molecular complexity index is 1360. The first-order chi connectivity index (χ1) is 16.1. The molecular weight excluding hydrogens is 419 g/mol. The third-order valence-corrected chi connectivity index (χ3v) is 6.77. The molecular formula is C26H25FN4O2. The molecule has 2 aromatic heterocycles. The first-order valence-electron chi connectivity index (χ1n) is 11.4. The van der Waals surface area contributed by atoms with Crippen molar-refractivity contribution in [2.75, 3.05) is 36.5 Å². The van der Waals surface area contributed by atoms with E-state index in [2.05, 4.69) is 23.5 Å². The predicted molar refractivity (Wildman–Crippen MR) is 128 cm³/mol. The van der Waals surface area contributed by atoms with E-state index in [-0.39, 0.29) is 11.2 Å². The molecule has 2 aliphatic carbocycles. The van der Waals surface area contributed by atoms with Crippen LogP contribution >= 0.6 is 0 Å². The van der Waals surface area contributed by atoms with Gasteiger partial charge in [-0.05, 0) is 37.5 Å². The number of fused-ring (bicyclic) bond motifs is 2. The Morgan fingerprint density at radius 2 is 1.97 bits per heavy atom. The van der Waals surface area contributed by atoms with Crippen molar-refractivity contribution in [1.29, 1.82) is 0 Å². The fraction of sp³-hybridized carbons (Fsp3) is 0.308. The van der Waals surface area contributed by atoms with E-state index in [4.69, 9.17) is 9.72 Å². The molecule has 1 N–H and O–H groups in total. The Labute approximate surface area is 191 Å². The second-order valence-electron chi connectivity index (χ2n) is 8.88. The molecule has 0 radical (unpaired) electrons. The molecule has 1 saturated heterocycles. The first kappa shape index (κ1) is 20.2. The third-order valence-electron chi connectivity index (χ3n) is 6.77. The van der Waals surface area contributed by atoms with Crippen LogP contribution in [0.3, 0.4) is 0 Å². The van der Waals surface area contributed by atoms with Crippen LogP contribution in [0.4, 0.5) is 16.0 Å². The number of allylic oxidation sites excluding steroid dienone is 4. The Morgan fingerprint density at radius 1 is 1.18 bits per heavy atom. The number of aromatic nitrogens is 2. The number of aryl methyl sites for hydroxylation is 1. The van der Waals surface area contributed by atoms with Gasteiger partial charge in [-0.15, -0.1) is 0 Å². The number of pyridine rings is 2. The lowest BCUT2D eigenvalue weighted by Crippen LogP contribution is -2.37. The fourth-order valence-electron chi connectivity index (χ4n) is 4.89. The molecule has 7 heteroatoms. The van der Waals surface area contributed by atoms with Crippen molar-refractivity contribution >= 4 is 22.7 Å². The normalized spacial score (nSPS) is 21.6. The molecule has 0 amide bonds. The van der Waals surface area contributed by atoms with Crippen LogP contribution in [0.15, 0.2) is 65.1 Å². The van der Waals surface area contributed by atoms with E-state index in [1.165, 1.54) is 0 Å². The topological polar surface area (TPSA) is 59.4 Å². The summed E-state index contributed by atoms with van der Waals surface area (Å²) in [5.41, 5.74) is 2.49. The van der Waals surface area contributed by atoms with Crippen LogP contribution in [-0.2, 0) is 4.74 Å². The number of ether oxygens (including phenoxy) is 1. The minimum Gasteiger partial charge on any atom is -0.378 e. The first-order valence-corrected chi connectivity index (χ1v) is 11.4. The van der Waals surface area contributed by atoms with E-state index in [1.807, 2.05) is 39.8 Å². The Hall–Kier alpha value is -3.45. The molecule has 0 spiro atoms. The van der Waals surface area contributed by atoms with Gasteiger partial charge in [-0.25, -0.2) is 9.37 Å². The average molecular weight is 445 g/mol. The SMILES string of the molecule is Cc1c(F)c(N2CCOCC2)nc2c1c(=O)cc(NC1=CC=CC3CC13)n2-c1ccccc1. The van der Waals surface area contributed by atoms with Crippen LogP contribution in [0.25, 0.3) is 16.7 Å². The van der Waals surface area contributed by atoms with Crippen molar-refractivity contribution in [3.8, 4) is 5.69 Å². The summed E-state index contributed by atoms with van der Waals surface area (Å²) < 4.78 is 22.8. The zero-order chi connectivity index (χ0) is 22.5. The molecule has 2 atom stereocenters. The smallest absolute Gasteiger partial charge is 0.193 e. The van der Waals surface area contributed by atoms with E-state index in [9.17, 15) is 4.79 Å². The number of para-hydroxylation sites is 1. The lowest BCUT2D eigenvalue weighted by atomic mass is 10.1. The highest BCUT2D eigenvalue weighted by Gasteiger charge is 2.39. The highest BCUT2D eigenvalue weighted by atomic mass is 19.1. The molecule has 3 aliphatic rings. The van der Waals surface area contributed by atoms with Gasteiger partial charge in [0.05, 0.1) is 18.6 Å². The van der Waals surface area contributed by atoms with Gasteiger partial charge in [0, 0.05) is 42.0 Å². The van der Waals surface area contributed by atoms with Gasteiger partial charge in [0.1, 0.15) is 5.82 Å². The fourth-order valence-corrected chi connectivity index (χ4v) is 4.89.